The van der Waals surface area contributed by atoms with Crippen LogP contribution in [0.5, 0.6) is 0 Å². The highest BCUT2D eigenvalue weighted by molar-refractivity contribution is 5.90. The number of carbonyl (C=O) groups excluding carboxylic acids is 1. The second-order valence-electron chi connectivity index (χ2n) is 7.53. The maximum Gasteiger partial charge on any atom is 0.322 e. The Morgan fingerprint density at radius 3 is 2.38 bits per heavy atom. The topological polar surface area (TPSA) is 55.8 Å². The predicted molar refractivity (Wildman–Crippen MR) is 97.6 cm³/mol. The first-order valence-corrected chi connectivity index (χ1v) is 9.10. The molecule has 5 nitrogen and oxygen atoms in total. The summed E-state index contributed by atoms with van der Waals surface area (Å²) < 4.78 is 0. The number of likely N-dealkylation sites (tertiary alicyclic amines) is 1. The number of hydrogen-bond donors (Lipinski definition) is 2. The van der Waals surface area contributed by atoms with E-state index in [1.807, 2.05) is 12.1 Å². The number of benzene rings is 1. The van der Waals surface area contributed by atoms with Crippen molar-refractivity contribution in [3.05, 3.63) is 24.3 Å². The van der Waals surface area contributed by atoms with Crippen molar-refractivity contribution in [1.29, 1.82) is 0 Å². The summed E-state index contributed by atoms with van der Waals surface area (Å²) in [5, 5.41) is 13.2. The van der Waals surface area contributed by atoms with Gasteiger partial charge < -0.3 is 20.2 Å². The molecular weight excluding hydrogens is 302 g/mol. The van der Waals surface area contributed by atoms with Crippen LogP contribution in [0.2, 0.25) is 0 Å². The summed E-state index contributed by atoms with van der Waals surface area (Å²) in [5.74, 6) is 0. The van der Waals surface area contributed by atoms with E-state index in [1.165, 1.54) is 24.9 Å². The Kier molecular flexibility index (Phi) is 4.99. The number of anilines is 2. The van der Waals surface area contributed by atoms with Gasteiger partial charge in [0.25, 0.3) is 0 Å². The number of nitrogens with one attached hydrogen (secondary N) is 1. The minimum Gasteiger partial charge on any atom is -0.388 e. The lowest BCUT2D eigenvalue weighted by molar-refractivity contribution is 0.0117. The molecule has 5 heteroatoms. The van der Waals surface area contributed by atoms with Crippen LogP contribution in [0.4, 0.5) is 16.2 Å². The number of hydrogen-bond acceptors (Lipinski definition) is 3. The maximum atomic E-state index is 12.6. The van der Waals surface area contributed by atoms with Gasteiger partial charge in [0.15, 0.2) is 0 Å². The number of carbonyl (C=O) groups is 1. The Morgan fingerprint density at radius 1 is 1.08 bits per heavy atom. The van der Waals surface area contributed by atoms with Crippen molar-refractivity contribution in [3.63, 3.8) is 0 Å². The molecule has 1 atom stereocenters. The van der Waals surface area contributed by atoms with E-state index < -0.39 is 5.60 Å². The highest BCUT2D eigenvalue weighted by Gasteiger charge is 2.38. The van der Waals surface area contributed by atoms with E-state index in [0.29, 0.717) is 6.54 Å². The van der Waals surface area contributed by atoms with Crippen LogP contribution in [-0.4, -0.2) is 47.3 Å². The van der Waals surface area contributed by atoms with Gasteiger partial charge in [-0.05, 0) is 70.2 Å². The number of piperidine rings is 1. The largest absolute Gasteiger partial charge is 0.388 e. The Balaban J connectivity index is 1.62. The Morgan fingerprint density at radius 2 is 1.75 bits per heavy atom. The molecule has 1 aromatic carbocycles. The van der Waals surface area contributed by atoms with Gasteiger partial charge in [-0.1, -0.05) is 0 Å². The SMILES string of the molecule is CC(C)(O)C1CCCN1C(=O)Nc1ccc(N2CCCCC2)cc1. The Hall–Kier alpha value is -1.75. The lowest BCUT2D eigenvalue weighted by Crippen LogP contribution is -2.49. The van der Waals surface area contributed by atoms with Crippen molar-refractivity contribution >= 4 is 17.4 Å². The van der Waals surface area contributed by atoms with Crippen molar-refractivity contribution < 1.29 is 9.90 Å². The summed E-state index contributed by atoms with van der Waals surface area (Å²) in [5.41, 5.74) is 1.16. The molecule has 2 heterocycles. The molecule has 1 unspecified atom stereocenters. The summed E-state index contributed by atoms with van der Waals surface area (Å²) in [4.78, 5) is 16.7. The third kappa shape index (κ3) is 3.83. The van der Waals surface area contributed by atoms with Crippen LogP contribution < -0.4 is 10.2 Å². The fraction of sp³-hybridized carbons (Fsp3) is 0.632. The van der Waals surface area contributed by atoms with Crippen molar-refractivity contribution in [2.24, 2.45) is 0 Å². The van der Waals surface area contributed by atoms with Crippen LogP contribution in [0.3, 0.4) is 0 Å². The first-order valence-electron chi connectivity index (χ1n) is 9.10. The minimum atomic E-state index is -0.869. The van der Waals surface area contributed by atoms with Crippen molar-refractivity contribution in [2.45, 2.75) is 57.6 Å². The van der Waals surface area contributed by atoms with Gasteiger partial charge in [-0.25, -0.2) is 4.79 Å². The molecule has 2 aliphatic heterocycles. The quantitative estimate of drug-likeness (QED) is 0.892. The van der Waals surface area contributed by atoms with Crippen molar-refractivity contribution in [1.82, 2.24) is 4.90 Å². The highest BCUT2D eigenvalue weighted by atomic mass is 16.3. The van der Waals surface area contributed by atoms with Crippen molar-refractivity contribution in [2.75, 3.05) is 29.9 Å². The number of nitrogens with zero attached hydrogens (tertiary/aromatic N) is 2. The lowest BCUT2D eigenvalue weighted by atomic mass is 9.97. The first-order chi connectivity index (χ1) is 11.4. The number of amides is 2. The number of rotatable bonds is 3. The van der Waals surface area contributed by atoms with Gasteiger partial charge >= 0.3 is 6.03 Å². The molecule has 0 spiro atoms. The molecule has 0 aromatic heterocycles. The van der Waals surface area contributed by atoms with Crippen LogP contribution in [0.1, 0.15) is 46.0 Å². The molecule has 2 fully saturated rings. The van der Waals surface area contributed by atoms with E-state index >= 15 is 0 Å². The smallest absolute Gasteiger partial charge is 0.322 e. The summed E-state index contributed by atoms with van der Waals surface area (Å²) >= 11 is 0. The Labute approximate surface area is 144 Å². The van der Waals surface area contributed by atoms with Crippen LogP contribution in [0, 0.1) is 0 Å². The fourth-order valence-corrected chi connectivity index (χ4v) is 3.85. The second kappa shape index (κ2) is 7.01. The molecule has 24 heavy (non-hydrogen) atoms. The first kappa shape index (κ1) is 17.1. The van der Waals surface area contributed by atoms with E-state index in [-0.39, 0.29) is 12.1 Å². The van der Waals surface area contributed by atoms with Crippen LogP contribution >= 0.6 is 0 Å². The van der Waals surface area contributed by atoms with Gasteiger partial charge in [-0.2, -0.15) is 0 Å². The average Bonchev–Trinajstić information content (AvgIpc) is 3.06. The third-order valence-corrected chi connectivity index (χ3v) is 5.17. The molecule has 0 aliphatic carbocycles. The van der Waals surface area contributed by atoms with E-state index in [0.717, 1.165) is 31.6 Å². The zero-order valence-corrected chi connectivity index (χ0v) is 14.8. The molecule has 0 bridgehead atoms. The molecule has 2 aliphatic rings. The van der Waals surface area contributed by atoms with E-state index in [9.17, 15) is 9.90 Å². The zero-order valence-electron chi connectivity index (χ0n) is 14.8. The molecule has 2 N–H and O–H groups in total. The fourth-order valence-electron chi connectivity index (χ4n) is 3.85. The molecular formula is C19H29N3O2. The highest BCUT2D eigenvalue weighted by Crippen LogP contribution is 2.28. The van der Waals surface area contributed by atoms with Crippen LogP contribution in [-0.2, 0) is 0 Å². The standard InChI is InChI=1S/C19H29N3O2/c1-19(2,24)17-7-6-14-22(17)18(23)20-15-8-10-16(11-9-15)21-12-4-3-5-13-21/h8-11,17,24H,3-7,12-14H2,1-2H3,(H,20,23). The summed E-state index contributed by atoms with van der Waals surface area (Å²) in [7, 11) is 0. The third-order valence-electron chi connectivity index (χ3n) is 5.17. The minimum absolute atomic E-state index is 0.120. The van der Waals surface area contributed by atoms with Gasteiger partial charge in [0.05, 0.1) is 11.6 Å². The van der Waals surface area contributed by atoms with Gasteiger partial charge in [0.1, 0.15) is 0 Å². The normalized spacial score (nSPS) is 21.9. The predicted octanol–water partition coefficient (Wildman–Crippen LogP) is 3.44. The van der Waals surface area contributed by atoms with Crippen LogP contribution in [0.25, 0.3) is 0 Å². The van der Waals surface area contributed by atoms with E-state index in [2.05, 4.69) is 22.3 Å². The molecule has 0 radical (unpaired) electrons. The van der Waals surface area contributed by atoms with E-state index in [4.69, 9.17) is 0 Å². The lowest BCUT2D eigenvalue weighted by Gasteiger charge is -2.33. The Bertz CT molecular complexity index is 559. The zero-order chi connectivity index (χ0) is 17.2. The van der Waals surface area contributed by atoms with E-state index in [1.54, 1.807) is 18.7 Å². The summed E-state index contributed by atoms with van der Waals surface area (Å²) in [6.07, 6.45) is 5.63. The maximum absolute atomic E-state index is 12.6. The van der Waals surface area contributed by atoms with Crippen LogP contribution in [0.15, 0.2) is 24.3 Å². The van der Waals surface area contributed by atoms with Gasteiger partial charge in [0, 0.05) is 31.0 Å². The van der Waals surface area contributed by atoms with Gasteiger partial charge in [-0.15, -0.1) is 0 Å². The number of aliphatic hydroxyl groups is 1. The van der Waals surface area contributed by atoms with Gasteiger partial charge in [0.2, 0.25) is 0 Å². The summed E-state index contributed by atoms with van der Waals surface area (Å²) in [6.45, 7) is 6.49. The molecule has 2 amide bonds. The monoisotopic (exact) mass is 331 g/mol. The molecule has 3 rings (SSSR count). The molecule has 0 saturated carbocycles. The molecule has 1 aromatic rings. The second-order valence-corrected chi connectivity index (χ2v) is 7.53. The summed E-state index contributed by atoms with van der Waals surface area (Å²) in [6, 6.07) is 7.86. The number of urea groups is 1. The van der Waals surface area contributed by atoms with Gasteiger partial charge in [-0.3, -0.25) is 0 Å². The molecule has 2 saturated heterocycles. The van der Waals surface area contributed by atoms with Crippen molar-refractivity contribution in [3.8, 4) is 0 Å². The average molecular weight is 331 g/mol. The molecule has 132 valence electrons.